The van der Waals surface area contributed by atoms with E-state index in [-0.39, 0.29) is 5.91 Å². The molecule has 3 rings (SSSR count). The van der Waals surface area contributed by atoms with Crippen LogP contribution in [0.15, 0.2) is 48.5 Å². The van der Waals surface area contributed by atoms with Gasteiger partial charge in [-0.05, 0) is 41.8 Å². The summed E-state index contributed by atoms with van der Waals surface area (Å²) in [4.78, 5) is 16.9. The van der Waals surface area contributed by atoms with Crippen molar-refractivity contribution in [2.24, 2.45) is 0 Å². The zero-order valence-corrected chi connectivity index (χ0v) is 16.2. The maximum Gasteiger partial charge on any atom is 0.222 e. The van der Waals surface area contributed by atoms with Crippen LogP contribution in [-0.2, 0) is 17.8 Å². The summed E-state index contributed by atoms with van der Waals surface area (Å²) in [5.74, 6) is 1.96. The highest BCUT2D eigenvalue weighted by Crippen LogP contribution is 2.17. The third-order valence-electron chi connectivity index (χ3n) is 5.03. The second-order valence-corrected chi connectivity index (χ2v) is 6.86. The highest BCUT2D eigenvalue weighted by atomic mass is 16.5. The first kappa shape index (κ1) is 19.2. The van der Waals surface area contributed by atoms with Gasteiger partial charge in [-0.2, -0.15) is 0 Å². The summed E-state index contributed by atoms with van der Waals surface area (Å²) in [6.45, 7) is 4.29. The molecule has 27 heavy (non-hydrogen) atoms. The summed E-state index contributed by atoms with van der Waals surface area (Å²) in [7, 11) is 3.35. The van der Waals surface area contributed by atoms with E-state index in [4.69, 9.17) is 9.47 Å². The molecule has 2 aromatic rings. The van der Waals surface area contributed by atoms with Gasteiger partial charge in [0.2, 0.25) is 5.91 Å². The minimum Gasteiger partial charge on any atom is -0.497 e. The van der Waals surface area contributed by atoms with Crippen molar-refractivity contribution in [3.8, 4) is 11.5 Å². The number of hydrogen-bond acceptors (Lipinski definition) is 4. The SMILES string of the molecule is COc1cccc(CCC(=O)N2CCN(Cc3cccc(OC)c3)CC2)c1. The van der Waals surface area contributed by atoms with Crippen LogP contribution in [0.4, 0.5) is 0 Å². The Morgan fingerprint density at radius 2 is 1.48 bits per heavy atom. The largest absolute Gasteiger partial charge is 0.497 e. The molecule has 5 nitrogen and oxygen atoms in total. The predicted molar refractivity (Wildman–Crippen MR) is 106 cm³/mol. The van der Waals surface area contributed by atoms with Crippen LogP contribution in [0.5, 0.6) is 11.5 Å². The van der Waals surface area contributed by atoms with E-state index in [1.807, 2.05) is 41.3 Å². The molecule has 0 unspecified atom stereocenters. The second kappa shape index (κ2) is 9.42. The number of nitrogens with zero attached hydrogens (tertiary/aromatic N) is 2. The van der Waals surface area contributed by atoms with Crippen LogP contribution in [0, 0.1) is 0 Å². The van der Waals surface area contributed by atoms with Crippen molar-refractivity contribution in [1.29, 1.82) is 0 Å². The Bertz CT molecular complexity index is 755. The first-order valence-electron chi connectivity index (χ1n) is 9.44. The number of hydrogen-bond donors (Lipinski definition) is 0. The molecule has 0 aliphatic carbocycles. The molecule has 0 bridgehead atoms. The van der Waals surface area contributed by atoms with Gasteiger partial charge in [-0.3, -0.25) is 9.69 Å². The number of aryl methyl sites for hydroxylation is 1. The Morgan fingerprint density at radius 1 is 0.889 bits per heavy atom. The van der Waals surface area contributed by atoms with Crippen molar-refractivity contribution in [2.45, 2.75) is 19.4 Å². The lowest BCUT2D eigenvalue weighted by atomic mass is 10.1. The van der Waals surface area contributed by atoms with Crippen LogP contribution in [0.25, 0.3) is 0 Å². The van der Waals surface area contributed by atoms with E-state index in [0.717, 1.165) is 56.2 Å². The monoisotopic (exact) mass is 368 g/mol. The highest BCUT2D eigenvalue weighted by Gasteiger charge is 2.21. The zero-order chi connectivity index (χ0) is 19.1. The standard InChI is InChI=1S/C22H28N2O3/c1-26-20-7-3-5-18(15-20)9-10-22(25)24-13-11-23(12-14-24)17-19-6-4-8-21(16-19)27-2/h3-8,15-16H,9-14,17H2,1-2H3. The zero-order valence-electron chi connectivity index (χ0n) is 16.2. The van der Waals surface area contributed by atoms with Gasteiger partial charge in [-0.25, -0.2) is 0 Å². The van der Waals surface area contributed by atoms with Gasteiger partial charge < -0.3 is 14.4 Å². The van der Waals surface area contributed by atoms with E-state index in [1.165, 1.54) is 5.56 Å². The van der Waals surface area contributed by atoms with Gasteiger partial charge >= 0.3 is 0 Å². The van der Waals surface area contributed by atoms with Gasteiger partial charge in [0.05, 0.1) is 14.2 Å². The molecule has 1 amide bonds. The van der Waals surface area contributed by atoms with Gasteiger partial charge in [0.25, 0.3) is 0 Å². The predicted octanol–water partition coefficient (Wildman–Crippen LogP) is 2.98. The van der Waals surface area contributed by atoms with E-state index in [1.54, 1.807) is 14.2 Å². The van der Waals surface area contributed by atoms with Gasteiger partial charge in [0.1, 0.15) is 11.5 Å². The van der Waals surface area contributed by atoms with Crippen molar-refractivity contribution in [1.82, 2.24) is 9.80 Å². The van der Waals surface area contributed by atoms with Crippen LogP contribution < -0.4 is 9.47 Å². The number of rotatable bonds is 7. The van der Waals surface area contributed by atoms with E-state index >= 15 is 0 Å². The Morgan fingerprint density at radius 3 is 2.11 bits per heavy atom. The molecule has 1 aliphatic rings. The number of benzene rings is 2. The lowest BCUT2D eigenvalue weighted by Gasteiger charge is -2.35. The molecule has 0 N–H and O–H groups in total. The molecule has 2 aromatic carbocycles. The molecule has 1 heterocycles. The first-order chi connectivity index (χ1) is 13.2. The molecule has 1 fully saturated rings. The van der Waals surface area contributed by atoms with Crippen LogP contribution in [0.3, 0.4) is 0 Å². The maximum absolute atomic E-state index is 12.5. The molecule has 1 aliphatic heterocycles. The molecule has 0 saturated carbocycles. The number of ether oxygens (including phenoxy) is 2. The molecular formula is C22H28N2O3. The van der Waals surface area contributed by atoms with Gasteiger partial charge in [0, 0.05) is 39.1 Å². The first-order valence-corrected chi connectivity index (χ1v) is 9.44. The fraction of sp³-hybridized carbons (Fsp3) is 0.409. The lowest BCUT2D eigenvalue weighted by Crippen LogP contribution is -2.48. The molecule has 0 aromatic heterocycles. The van der Waals surface area contributed by atoms with Crippen LogP contribution >= 0.6 is 0 Å². The van der Waals surface area contributed by atoms with Crippen molar-refractivity contribution in [3.63, 3.8) is 0 Å². The molecule has 0 spiro atoms. The summed E-state index contributed by atoms with van der Waals surface area (Å²) < 4.78 is 10.5. The summed E-state index contributed by atoms with van der Waals surface area (Å²) in [5.41, 5.74) is 2.38. The number of amides is 1. The minimum atomic E-state index is 0.235. The van der Waals surface area contributed by atoms with Crippen molar-refractivity contribution >= 4 is 5.91 Å². The van der Waals surface area contributed by atoms with Crippen LogP contribution in [-0.4, -0.2) is 56.1 Å². The van der Waals surface area contributed by atoms with Gasteiger partial charge in [0.15, 0.2) is 0 Å². The van der Waals surface area contributed by atoms with Gasteiger partial charge in [-0.15, -0.1) is 0 Å². The average Bonchev–Trinajstić information content (AvgIpc) is 2.73. The average molecular weight is 368 g/mol. The van der Waals surface area contributed by atoms with Crippen molar-refractivity contribution in [2.75, 3.05) is 40.4 Å². The number of carbonyl (C=O) groups is 1. The Balaban J connectivity index is 1.44. The third-order valence-corrected chi connectivity index (χ3v) is 5.03. The van der Waals surface area contributed by atoms with Crippen LogP contribution in [0.1, 0.15) is 17.5 Å². The third kappa shape index (κ3) is 5.47. The molecular weight excluding hydrogens is 340 g/mol. The summed E-state index contributed by atoms with van der Waals surface area (Å²) in [6, 6.07) is 16.1. The fourth-order valence-electron chi connectivity index (χ4n) is 3.42. The molecule has 1 saturated heterocycles. The smallest absolute Gasteiger partial charge is 0.222 e. The highest BCUT2D eigenvalue weighted by molar-refractivity contribution is 5.76. The summed E-state index contributed by atoms with van der Waals surface area (Å²) in [5, 5.41) is 0. The second-order valence-electron chi connectivity index (χ2n) is 6.86. The molecule has 5 heteroatoms. The maximum atomic E-state index is 12.5. The summed E-state index contributed by atoms with van der Waals surface area (Å²) >= 11 is 0. The summed E-state index contributed by atoms with van der Waals surface area (Å²) in [6.07, 6.45) is 1.29. The normalized spacial score (nSPS) is 14.8. The molecule has 0 atom stereocenters. The lowest BCUT2D eigenvalue weighted by molar-refractivity contribution is -0.133. The molecule has 144 valence electrons. The van der Waals surface area contributed by atoms with Crippen molar-refractivity contribution < 1.29 is 14.3 Å². The van der Waals surface area contributed by atoms with E-state index < -0.39 is 0 Å². The topological polar surface area (TPSA) is 42.0 Å². The molecule has 0 radical (unpaired) electrons. The van der Waals surface area contributed by atoms with E-state index in [0.29, 0.717) is 6.42 Å². The minimum absolute atomic E-state index is 0.235. The number of piperazine rings is 1. The van der Waals surface area contributed by atoms with E-state index in [9.17, 15) is 4.79 Å². The quantitative estimate of drug-likeness (QED) is 0.754. The fourth-order valence-corrected chi connectivity index (χ4v) is 3.42. The Hall–Kier alpha value is -2.53. The van der Waals surface area contributed by atoms with Crippen LogP contribution in [0.2, 0.25) is 0 Å². The number of methoxy groups -OCH3 is 2. The Kier molecular flexibility index (Phi) is 6.71. The van der Waals surface area contributed by atoms with Crippen molar-refractivity contribution in [3.05, 3.63) is 59.7 Å². The number of carbonyl (C=O) groups excluding carboxylic acids is 1. The van der Waals surface area contributed by atoms with Gasteiger partial charge in [-0.1, -0.05) is 24.3 Å². The Labute approximate surface area is 161 Å². The van der Waals surface area contributed by atoms with E-state index in [2.05, 4.69) is 17.0 Å².